The molecular formula is C8H10N2O. The molecule has 3 nitrogen and oxygen atoms in total. The normalized spacial score (nSPS) is 12.5. The Kier molecular flexibility index (Phi) is 2.29. The molecule has 0 spiro atoms. The van der Waals surface area contributed by atoms with Crippen LogP contribution >= 0.6 is 0 Å². The molecule has 0 aliphatic heterocycles. The maximum absolute atomic E-state index is 9.34. The number of aliphatic hydroxyl groups is 1. The summed E-state index contributed by atoms with van der Waals surface area (Å²) in [4.78, 5) is 0. The Labute approximate surface area is 65.7 Å². The molecule has 0 amide bonds. The number of nitrogens with zero attached hydrogens (tertiary/aromatic N) is 2. The van der Waals surface area contributed by atoms with E-state index in [-0.39, 0.29) is 0 Å². The minimum Gasteiger partial charge on any atom is -0.387 e. The summed E-state index contributed by atoms with van der Waals surface area (Å²) in [5.41, 5.74) is 0.769. The van der Waals surface area contributed by atoms with Crippen LogP contribution in [-0.2, 0) is 7.05 Å². The molecule has 0 aliphatic rings. The van der Waals surface area contributed by atoms with Gasteiger partial charge >= 0.3 is 0 Å². The molecule has 1 atom stereocenters. The summed E-state index contributed by atoms with van der Waals surface area (Å²) in [5.74, 6) is 2.39. The maximum atomic E-state index is 9.34. The third-order valence-electron chi connectivity index (χ3n) is 1.42. The first-order valence-corrected chi connectivity index (χ1v) is 3.34. The third kappa shape index (κ3) is 1.82. The van der Waals surface area contributed by atoms with Crippen LogP contribution in [0.3, 0.4) is 0 Å². The molecule has 0 bridgehead atoms. The van der Waals surface area contributed by atoms with E-state index < -0.39 is 6.10 Å². The molecule has 0 saturated heterocycles. The minimum atomic E-state index is -0.575. The molecular weight excluding hydrogens is 140 g/mol. The number of terminal acetylenes is 1. The summed E-state index contributed by atoms with van der Waals surface area (Å²) in [6.07, 6.45) is 8.17. The highest BCUT2D eigenvalue weighted by Crippen LogP contribution is 2.13. The van der Waals surface area contributed by atoms with Crippen LogP contribution in [0, 0.1) is 12.3 Å². The van der Waals surface area contributed by atoms with Crippen LogP contribution in [0.25, 0.3) is 0 Å². The summed E-state index contributed by atoms with van der Waals surface area (Å²) >= 11 is 0. The Hall–Kier alpha value is -1.27. The number of aliphatic hydroxyl groups excluding tert-OH is 1. The summed E-state index contributed by atoms with van der Waals surface area (Å²) < 4.78 is 1.63. The zero-order valence-corrected chi connectivity index (χ0v) is 6.36. The molecule has 0 aromatic carbocycles. The van der Waals surface area contributed by atoms with Crippen molar-refractivity contribution in [2.24, 2.45) is 7.05 Å². The molecule has 0 saturated carbocycles. The van der Waals surface area contributed by atoms with Gasteiger partial charge in [0.05, 0.1) is 12.3 Å². The average Bonchev–Trinajstić information content (AvgIpc) is 2.36. The Balaban J connectivity index is 2.70. The molecule has 1 aromatic heterocycles. The van der Waals surface area contributed by atoms with Gasteiger partial charge in [-0.15, -0.1) is 12.3 Å². The molecule has 1 aromatic rings. The van der Waals surface area contributed by atoms with Crippen molar-refractivity contribution in [2.45, 2.75) is 12.5 Å². The summed E-state index contributed by atoms with van der Waals surface area (Å²) in [6, 6.07) is 0. The van der Waals surface area contributed by atoms with E-state index in [9.17, 15) is 5.11 Å². The number of hydrogen-bond acceptors (Lipinski definition) is 2. The Morgan fingerprint density at radius 2 is 2.64 bits per heavy atom. The van der Waals surface area contributed by atoms with Crippen molar-refractivity contribution in [2.75, 3.05) is 0 Å². The van der Waals surface area contributed by atoms with Gasteiger partial charge in [-0.1, -0.05) is 0 Å². The Morgan fingerprint density at radius 1 is 1.91 bits per heavy atom. The van der Waals surface area contributed by atoms with Crippen molar-refractivity contribution in [1.82, 2.24) is 9.78 Å². The monoisotopic (exact) mass is 150 g/mol. The zero-order valence-electron chi connectivity index (χ0n) is 6.36. The highest BCUT2D eigenvalue weighted by Gasteiger charge is 2.06. The van der Waals surface area contributed by atoms with Gasteiger partial charge in [-0.3, -0.25) is 4.68 Å². The van der Waals surface area contributed by atoms with Crippen LogP contribution in [-0.4, -0.2) is 14.9 Å². The van der Waals surface area contributed by atoms with Crippen LogP contribution in [0.5, 0.6) is 0 Å². The van der Waals surface area contributed by atoms with Gasteiger partial charge in [0.15, 0.2) is 0 Å². The van der Waals surface area contributed by atoms with E-state index in [1.54, 1.807) is 24.1 Å². The summed E-state index contributed by atoms with van der Waals surface area (Å²) in [7, 11) is 1.80. The van der Waals surface area contributed by atoms with Gasteiger partial charge in [-0.2, -0.15) is 5.10 Å². The predicted molar refractivity (Wildman–Crippen MR) is 41.6 cm³/mol. The van der Waals surface area contributed by atoms with Crippen molar-refractivity contribution >= 4 is 0 Å². The van der Waals surface area contributed by atoms with E-state index in [0.717, 1.165) is 5.56 Å². The Bertz CT molecular complexity index is 272. The summed E-state index contributed by atoms with van der Waals surface area (Å²) in [5, 5.41) is 13.2. The minimum absolute atomic E-state index is 0.339. The predicted octanol–water partition coefficient (Wildman–Crippen LogP) is 0.477. The van der Waals surface area contributed by atoms with Crippen molar-refractivity contribution in [3.63, 3.8) is 0 Å². The molecule has 0 fully saturated rings. The lowest BCUT2D eigenvalue weighted by Gasteiger charge is -2.00. The van der Waals surface area contributed by atoms with Crippen LogP contribution in [0.4, 0.5) is 0 Å². The molecule has 1 N–H and O–H groups in total. The van der Waals surface area contributed by atoms with Crippen LogP contribution in [0.15, 0.2) is 12.4 Å². The van der Waals surface area contributed by atoms with E-state index in [2.05, 4.69) is 11.0 Å². The topological polar surface area (TPSA) is 38.1 Å². The lowest BCUT2D eigenvalue weighted by molar-refractivity contribution is 0.184. The van der Waals surface area contributed by atoms with Crippen molar-refractivity contribution in [3.05, 3.63) is 18.0 Å². The second-order valence-electron chi connectivity index (χ2n) is 2.37. The fourth-order valence-corrected chi connectivity index (χ4v) is 0.842. The van der Waals surface area contributed by atoms with Gasteiger partial charge in [-0.25, -0.2) is 0 Å². The van der Waals surface area contributed by atoms with Crippen LogP contribution in [0.1, 0.15) is 18.1 Å². The van der Waals surface area contributed by atoms with Crippen LogP contribution in [0.2, 0.25) is 0 Å². The van der Waals surface area contributed by atoms with Crippen molar-refractivity contribution in [1.29, 1.82) is 0 Å². The summed E-state index contributed by atoms with van der Waals surface area (Å²) in [6.45, 7) is 0. The van der Waals surface area contributed by atoms with Crippen LogP contribution < -0.4 is 0 Å². The van der Waals surface area contributed by atoms with Crippen molar-refractivity contribution in [3.8, 4) is 12.3 Å². The molecule has 3 heteroatoms. The zero-order chi connectivity index (χ0) is 8.27. The van der Waals surface area contributed by atoms with E-state index in [0.29, 0.717) is 6.42 Å². The number of hydrogen-bond donors (Lipinski definition) is 1. The fourth-order valence-electron chi connectivity index (χ4n) is 0.842. The molecule has 58 valence electrons. The smallest absolute Gasteiger partial charge is 0.0929 e. The molecule has 0 radical (unpaired) electrons. The molecule has 0 aliphatic carbocycles. The number of aromatic nitrogens is 2. The lowest BCUT2D eigenvalue weighted by Crippen LogP contribution is -1.93. The third-order valence-corrected chi connectivity index (χ3v) is 1.42. The second kappa shape index (κ2) is 3.22. The van der Waals surface area contributed by atoms with Crippen molar-refractivity contribution < 1.29 is 5.11 Å². The fraction of sp³-hybridized carbons (Fsp3) is 0.375. The molecule has 1 heterocycles. The van der Waals surface area contributed by atoms with Gasteiger partial charge in [0.2, 0.25) is 0 Å². The van der Waals surface area contributed by atoms with E-state index in [4.69, 9.17) is 6.42 Å². The Morgan fingerprint density at radius 3 is 3.09 bits per heavy atom. The number of rotatable bonds is 2. The number of aryl methyl sites for hydroxylation is 1. The van der Waals surface area contributed by atoms with Gasteiger partial charge < -0.3 is 5.11 Å². The maximum Gasteiger partial charge on any atom is 0.0929 e. The lowest BCUT2D eigenvalue weighted by atomic mass is 10.1. The highest BCUT2D eigenvalue weighted by molar-refractivity contribution is 5.10. The molecule has 1 rings (SSSR count). The molecule has 11 heavy (non-hydrogen) atoms. The first-order chi connectivity index (χ1) is 5.24. The molecule has 1 unspecified atom stereocenters. The standard InChI is InChI=1S/C8H10N2O/c1-3-4-8(11)7-5-9-10(2)6-7/h1,5-6,8,11H,4H2,2H3. The van der Waals surface area contributed by atoms with E-state index >= 15 is 0 Å². The van der Waals surface area contributed by atoms with E-state index in [1.165, 1.54) is 0 Å². The largest absolute Gasteiger partial charge is 0.387 e. The van der Waals surface area contributed by atoms with Gasteiger partial charge in [0.25, 0.3) is 0 Å². The van der Waals surface area contributed by atoms with Gasteiger partial charge in [-0.05, 0) is 0 Å². The first-order valence-electron chi connectivity index (χ1n) is 3.34. The van der Waals surface area contributed by atoms with Gasteiger partial charge in [0, 0.05) is 25.2 Å². The SMILES string of the molecule is C#CCC(O)c1cnn(C)c1. The van der Waals surface area contributed by atoms with Gasteiger partial charge in [0.1, 0.15) is 0 Å². The van der Waals surface area contributed by atoms with E-state index in [1.807, 2.05) is 0 Å². The average molecular weight is 150 g/mol. The first kappa shape index (κ1) is 7.83. The second-order valence-corrected chi connectivity index (χ2v) is 2.37. The highest BCUT2D eigenvalue weighted by atomic mass is 16.3. The quantitative estimate of drug-likeness (QED) is 0.622.